The van der Waals surface area contributed by atoms with E-state index in [0.717, 1.165) is 27.7 Å². The Bertz CT molecular complexity index is 1500. The van der Waals surface area contributed by atoms with E-state index in [1.807, 2.05) is 24.0 Å². The molecule has 5 rings (SSSR count). The molecular formula is C25H24N4O4. The van der Waals surface area contributed by atoms with E-state index in [0.29, 0.717) is 48.4 Å². The summed E-state index contributed by atoms with van der Waals surface area (Å²) < 4.78 is 6.52. The minimum Gasteiger partial charge on any atom is -0.465 e. The van der Waals surface area contributed by atoms with Gasteiger partial charge in [0.15, 0.2) is 0 Å². The number of hydrogen-bond donors (Lipinski definition) is 1. The van der Waals surface area contributed by atoms with Crippen LogP contribution in [0.15, 0.2) is 41.2 Å². The van der Waals surface area contributed by atoms with Gasteiger partial charge in [0.1, 0.15) is 5.69 Å². The van der Waals surface area contributed by atoms with Gasteiger partial charge in [-0.05, 0) is 50.2 Å². The first-order valence-electron chi connectivity index (χ1n) is 10.9. The van der Waals surface area contributed by atoms with E-state index in [4.69, 9.17) is 4.74 Å². The van der Waals surface area contributed by atoms with Gasteiger partial charge in [0, 0.05) is 53.8 Å². The van der Waals surface area contributed by atoms with E-state index in [1.54, 1.807) is 35.8 Å². The smallest absolute Gasteiger partial charge is 0.337 e. The number of carbonyl (C=O) groups excluding carboxylic acids is 2. The second-order valence-electron chi connectivity index (χ2n) is 8.26. The van der Waals surface area contributed by atoms with E-state index in [-0.39, 0.29) is 17.4 Å². The molecule has 0 saturated heterocycles. The van der Waals surface area contributed by atoms with Crippen molar-refractivity contribution in [2.45, 2.75) is 33.4 Å². The van der Waals surface area contributed by atoms with Crippen LogP contribution in [0.2, 0.25) is 0 Å². The Hall–Kier alpha value is -3.94. The largest absolute Gasteiger partial charge is 0.465 e. The number of rotatable bonds is 3. The predicted octanol–water partition coefficient (Wildman–Crippen LogP) is 3.19. The Kier molecular flexibility index (Phi) is 5.00. The number of aryl methyl sites for hydroxylation is 2. The third-order valence-electron chi connectivity index (χ3n) is 6.36. The maximum absolute atomic E-state index is 13.4. The van der Waals surface area contributed by atoms with Crippen LogP contribution in [0.3, 0.4) is 0 Å². The summed E-state index contributed by atoms with van der Waals surface area (Å²) in [4.78, 5) is 47.4. The van der Waals surface area contributed by atoms with Crippen LogP contribution in [0.25, 0.3) is 21.9 Å². The van der Waals surface area contributed by atoms with Crippen LogP contribution in [0.5, 0.6) is 0 Å². The van der Waals surface area contributed by atoms with Crippen LogP contribution in [-0.2, 0) is 24.2 Å². The number of amides is 1. The number of hydrogen-bond acceptors (Lipinski definition) is 5. The lowest BCUT2D eigenvalue weighted by Crippen LogP contribution is -2.35. The SMILES string of the molecule is CCn1c(=O)c(C)nc2cc(C(=O)N3CCc4[nH]c5ccc(C(=O)OC)cc5c4C3)ccc21. The van der Waals surface area contributed by atoms with Crippen molar-refractivity contribution >= 4 is 33.8 Å². The quantitative estimate of drug-likeness (QED) is 0.490. The average molecular weight is 444 g/mol. The zero-order chi connectivity index (χ0) is 23.3. The number of fused-ring (bicyclic) bond motifs is 4. The van der Waals surface area contributed by atoms with Crippen LogP contribution < -0.4 is 5.56 Å². The van der Waals surface area contributed by atoms with Crippen molar-refractivity contribution in [3.8, 4) is 0 Å². The lowest BCUT2D eigenvalue weighted by molar-refractivity contribution is 0.0600. The Morgan fingerprint density at radius 2 is 1.94 bits per heavy atom. The highest BCUT2D eigenvalue weighted by Crippen LogP contribution is 2.29. The minimum absolute atomic E-state index is 0.0882. The van der Waals surface area contributed by atoms with Gasteiger partial charge in [-0.25, -0.2) is 9.78 Å². The molecule has 2 aromatic heterocycles. The molecule has 1 N–H and O–H groups in total. The number of esters is 1. The summed E-state index contributed by atoms with van der Waals surface area (Å²) in [6.45, 7) is 5.17. The van der Waals surface area contributed by atoms with E-state index < -0.39 is 0 Å². The Balaban J connectivity index is 1.50. The van der Waals surface area contributed by atoms with Crippen molar-refractivity contribution in [3.63, 3.8) is 0 Å². The Labute approximate surface area is 189 Å². The van der Waals surface area contributed by atoms with Crippen molar-refractivity contribution in [1.82, 2.24) is 19.4 Å². The molecule has 0 spiro atoms. The summed E-state index contributed by atoms with van der Waals surface area (Å²) in [5.41, 5.74) is 5.70. The van der Waals surface area contributed by atoms with Crippen molar-refractivity contribution in [2.75, 3.05) is 13.7 Å². The molecule has 3 heterocycles. The molecule has 8 nitrogen and oxygen atoms in total. The van der Waals surface area contributed by atoms with Gasteiger partial charge in [-0.15, -0.1) is 0 Å². The van der Waals surface area contributed by atoms with Crippen LogP contribution in [0.4, 0.5) is 0 Å². The highest BCUT2D eigenvalue weighted by atomic mass is 16.5. The van der Waals surface area contributed by atoms with E-state index in [9.17, 15) is 14.4 Å². The molecule has 0 aliphatic carbocycles. The standard InChI is InChI=1S/C25H24N4O4/c1-4-29-22-8-6-15(12-21(22)26-14(2)23(29)30)24(31)28-10-9-20-18(13-28)17-11-16(25(32)33-3)5-7-19(17)27-20/h5-8,11-12,27H,4,9-10,13H2,1-3H3. The molecule has 0 atom stereocenters. The molecule has 1 aliphatic rings. The topological polar surface area (TPSA) is 97.3 Å². The monoisotopic (exact) mass is 444 g/mol. The molecule has 8 heteroatoms. The summed E-state index contributed by atoms with van der Waals surface area (Å²) in [6.07, 6.45) is 0.698. The molecule has 33 heavy (non-hydrogen) atoms. The molecule has 2 aromatic carbocycles. The van der Waals surface area contributed by atoms with Gasteiger partial charge in [0.25, 0.3) is 11.5 Å². The molecule has 1 aliphatic heterocycles. The molecule has 0 unspecified atom stereocenters. The summed E-state index contributed by atoms with van der Waals surface area (Å²) in [6, 6.07) is 10.7. The zero-order valence-electron chi connectivity index (χ0n) is 18.8. The average Bonchev–Trinajstić information content (AvgIpc) is 3.20. The highest BCUT2D eigenvalue weighted by Gasteiger charge is 2.26. The molecule has 4 aromatic rings. The van der Waals surface area contributed by atoms with Gasteiger partial charge in [0.2, 0.25) is 0 Å². The molecular weight excluding hydrogens is 420 g/mol. The summed E-state index contributed by atoms with van der Waals surface area (Å²) in [5, 5.41) is 0.924. The van der Waals surface area contributed by atoms with Crippen molar-refractivity contribution in [2.24, 2.45) is 0 Å². The first-order valence-corrected chi connectivity index (χ1v) is 10.9. The van der Waals surface area contributed by atoms with Crippen LogP contribution in [0, 0.1) is 6.92 Å². The number of methoxy groups -OCH3 is 1. The van der Waals surface area contributed by atoms with Crippen LogP contribution in [0.1, 0.15) is 44.6 Å². The van der Waals surface area contributed by atoms with Gasteiger partial charge in [-0.3, -0.25) is 9.59 Å². The second kappa shape index (κ2) is 7.88. The van der Waals surface area contributed by atoms with Crippen molar-refractivity contribution in [3.05, 3.63) is 74.8 Å². The Morgan fingerprint density at radius 3 is 2.70 bits per heavy atom. The number of carbonyl (C=O) groups is 2. The Morgan fingerprint density at radius 1 is 1.15 bits per heavy atom. The number of aromatic amines is 1. The maximum Gasteiger partial charge on any atom is 0.337 e. The molecule has 0 fully saturated rings. The predicted molar refractivity (Wildman–Crippen MR) is 124 cm³/mol. The fourth-order valence-electron chi connectivity index (χ4n) is 4.64. The molecule has 0 saturated carbocycles. The van der Waals surface area contributed by atoms with Gasteiger partial charge in [0.05, 0.1) is 23.7 Å². The van der Waals surface area contributed by atoms with Gasteiger partial charge < -0.3 is 19.2 Å². The van der Waals surface area contributed by atoms with Crippen LogP contribution >= 0.6 is 0 Å². The van der Waals surface area contributed by atoms with Crippen molar-refractivity contribution in [1.29, 1.82) is 0 Å². The first kappa shape index (κ1) is 20.9. The molecule has 168 valence electrons. The van der Waals surface area contributed by atoms with E-state index >= 15 is 0 Å². The first-order chi connectivity index (χ1) is 15.9. The number of nitrogens with zero attached hydrogens (tertiary/aromatic N) is 3. The number of benzene rings is 2. The van der Waals surface area contributed by atoms with Crippen LogP contribution in [-0.4, -0.2) is 45.0 Å². The molecule has 0 radical (unpaired) electrons. The van der Waals surface area contributed by atoms with Gasteiger partial charge >= 0.3 is 5.97 Å². The highest BCUT2D eigenvalue weighted by molar-refractivity contribution is 5.99. The molecule has 0 bridgehead atoms. The third-order valence-corrected chi connectivity index (χ3v) is 6.36. The summed E-state index contributed by atoms with van der Waals surface area (Å²) in [7, 11) is 1.36. The fraction of sp³-hybridized carbons (Fsp3) is 0.280. The fourth-order valence-corrected chi connectivity index (χ4v) is 4.64. The normalized spacial score (nSPS) is 13.4. The number of aromatic nitrogens is 3. The second-order valence-corrected chi connectivity index (χ2v) is 8.26. The van der Waals surface area contributed by atoms with E-state index in [2.05, 4.69) is 9.97 Å². The number of H-pyrrole nitrogens is 1. The maximum atomic E-state index is 13.4. The third kappa shape index (κ3) is 3.38. The summed E-state index contributed by atoms with van der Waals surface area (Å²) in [5.74, 6) is -0.477. The zero-order valence-corrected chi connectivity index (χ0v) is 18.8. The van der Waals surface area contributed by atoms with E-state index in [1.165, 1.54) is 7.11 Å². The van der Waals surface area contributed by atoms with Gasteiger partial charge in [-0.1, -0.05) is 0 Å². The number of nitrogens with one attached hydrogen (secondary N) is 1. The minimum atomic E-state index is -0.389. The van der Waals surface area contributed by atoms with Crippen molar-refractivity contribution < 1.29 is 14.3 Å². The lowest BCUT2D eigenvalue weighted by atomic mass is 10.0. The lowest BCUT2D eigenvalue weighted by Gasteiger charge is -2.27. The number of ether oxygens (including phenoxy) is 1. The summed E-state index contributed by atoms with van der Waals surface area (Å²) >= 11 is 0. The van der Waals surface area contributed by atoms with Gasteiger partial charge in [-0.2, -0.15) is 0 Å². The molecule has 1 amide bonds.